The van der Waals surface area contributed by atoms with Gasteiger partial charge in [0.05, 0.1) is 20.8 Å². The van der Waals surface area contributed by atoms with Crippen LogP contribution in [0.5, 0.6) is 17.2 Å². The SMILES string of the molecule is COc1ccc(CC2c3ccc(OCC(F)(F)F)cc3CCN2CC(=O)NCc2ccccc2)cc1OC. The Kier molecular flexibility index (Phi) is 8.78. The molecule has 1 aliphatic heterocycles. The Morgan fingerprint density at radius 1 is 0.974 bits per heavy atom. The summed E-state index contributed by atoms with van der Waals surface area (Å²) in [5.41, 5.74) is 3.86. The first-order chi connectivity index (χ1) is 18.3. The molecule has 0 radical (unpaired) electrons. The predicted molar refractivity (Wildman–Crippen MR) is 138 cm³/mol. The quantitative estimate of drug-likeness (QED) is 0.397. The predicted octanol–water partition coefficient (Wildman–Crippen LogP) is 5.10. The lowest BCUT2D eigenvalue weighted by molar-refractivity contribution is -0.153. The highest BCUT2D eigenvalue weighted by molar-refractivity contribution is 5.78. The van der Waals surface area contributed by atoms with Crippen molar-refractivity contribution >= 4 is 5.91 Å². The number of fused-ring (bicyclic) bond motifs is 1. The van der Waals surface area contributed by atoms with Gasteiger partial charge in [0.1, 0.15) is 5.75 Å². The van der Waals surface area contributed by atoms with Crippen LogP contribution in [0.15, 0.2) is 66.7 Å². The second-order valence-corrected chi connectivity index (χ2v) is 9.16. The van der Waals surface area contributed by atoms with Gasteiger partial charge in [-0.05, 0) is 59.4 Å². The van der Waals surface area contributed by atoms with Crippen molar-refractivity contribution in [3.63, 3.8) is 0 Å². The largest absolute Gasteiger partial charge is 0.493 e. The molecule has 1 atom stereocenters. The van der Waals surface area contributed by atoms with Crippen LogP contribution in [0, 0.1) is 0 Å². The first-order valence-corrected chi connectivity index (χ1v) is 12.3. The molecule has 4 rings (SSSR count). The topological polar surface area (TPSA) is 60.0 Å². The number of hydrogen-bond acceptors (Lipinski definition) is 5. The summed E-state index contributed by atoms with van der Waals surface area (Å²) >= 11 is 0. The van der Waals surface area contributed by atoms with Crippen LogP contribution in [0.3, 0.4) is 0 Å². The van der Waals surface area contributed by atoms with E-state index in [4.69, 9.17) is 14.2 Å². The number of halogens is 3. The summed E-state index contributed by atoms with van der Waals surface area (Å²) < 4.78 is 53.8. The monoisotopic (exact) mass is 528 g/mol. The number of carbonyl (C=O) groups is 1. The summed E-state index contributed by atoms with van der Waals surface area (Å²) in [5, 5.41) is 2.98. The molecule has 38 heavy (non-hydrogen) atoms. The highest BCUT2D eigenvalue weighted by Gasteiger charge is 2.31. The first-order valence-electron chi connectivity index (χ1n) is 12.3. The van der Waals surface area contributed by atoms with Gasteiger partial charge >= 0.3 is 6.18 Å². The number of methoxy groups -OCH3 is 2. The molecule has 3 aromatic carbocycles. The molecule has 1 heterocycles. The van der Waals surface area contributed by atoms with Crippen LogP contribution in [0.2, 0.25) is 0 Å². The summed E-state index contributed by atoms with van der Waals surface area (Å²) in [4.78, 5) is 15.0. The van der Waals surface area contributed by atoms with E-state index in [9.17, 15) is 18.0 Å². The van der Waals surface area contributed by atoms with Crippen molar-refractivity contribution in [3.05, 3.63) is 89.0 Å². The van der Waals surface area contributed by atoms with Crippen molar-refractivity contribution in [1.29, 1.82) is 0 Å². The average Bonchev–Trinajstić information content (AvgIpc) is 2.92. The van der Waals surface area contributed by atoms with Crippen LogP contribution in [0.4, 0.5) is 13.2 Å². The van der Waals surface area contributed by atoms with Crippen LogP contribution in [0.25, 0.3) is 0 Å². The molecule has 0 aromatic heterocycles. The third-order valence-corrected chi connectivity index (χ3v) is 6.54. The Labute approximate surface area is 220 Å². The lowest BCUT2D eigenvalue weighted by Crippen LogP contribution is -2.43. The molecular formula is C29H31F3N2O4. The minimum atomic E-state index is -4.41. The molecule has 0 bridgehead atoms. The highest BCUT2D eigenvalue weighted by atomic mass is 19.4. The number of rotatable bonds is 10. The van der Waals surface area contributed by atoms with E-state index in [0.29, 0.717) is 37.4 Å². The molecule has 9 heteroatoms. The number of carbonyl (C=O) groups excluding carboxylic acids is 1. The Morgan fingerprint density at radius 2 is 1.74 bits per heavy atom. The molecular weight excluding hydrogens is 497 g/mol. The Bertz CT molecular complexity index is 1230. The van der Waals surface area contributed by atoms with Crippen molar-refractivity contribution < 1.29 is 32.2 Å². The summed E-state index contributed by atoms with van der Waals surface area (Å²) in [6, 6.07) is 20.2. The van der Waals surface area contributed by atoms with Crippen LogP contribution >= 0.6 is 0 Å². The average molecular weight is 529 g/mol. The third-order valence-electron chi connectivity index (χ3n) is 6.54. The van der Waals surface area contributed by atoms with Gasteiger partial charge in [-0.2, -0.15) is 13.2 Å². The van der Waals surface area contributed by atoms with Crippen LogP contribution < -0.4 is 19.5 Å². The number of ether oxygens (including phenoxy) is 3. The summed E-state index contributed by atoms with van der Waals surface area (Å²) in [6.45, 7) is -0.137. The number of benzene rings is 3. The van der Waals surface area contributed by atoms with Gasteiger partial charge in [0, 0.05) is 19.1 Å². The minimum absolute atomic E-state index is 0.0975. The standard InChI is InChI=1S/C29H31F3N2O4/c1-36-26-11-8-21(15-27(26)37-2)14-25-24-10-9-23(38-19-29(30,31)32)16-22(24)12-13-34(25)18-28(35)33-17-20-6-4-3-5-7-20/h3-11,15-16,25H,12-14,17-19H2,1-2H3,(H,33,35). The first kappa shape index (κ1) is 27.3. The van der Waals surface area contributed by atoms with Crippen molar-refractivity contribution in [2.45, 2.75) is 31.6 Å². The summed E-state index contributed by atoms with van der Waals surface area (Å²) in [5.74, 6) is 1.30. The Hall–Kier alpha value is -3.72. The fourth-order valence-electron chi connectivity index (χ4n) is 4.69. The van der Waals surface area contributed by atoms with Crippen molar-refractivity contribution in [2.75, 3.05) is 33.9 Å². The van der Waals surface area contributed by atoms with E-state index in [1.54, 1.807) is 32.4 Å². The maximum Gasteiger partial charge on any atom is 0.422 e. The van der Waals surface area contributed by atoms with Gasteiger partial charge in [-0.1, -0.05) is 42.5 Å². The minimum Gasteiger partial charge on any atom is -0.493 e. The molecule has 0 aliphatic carbocycles. The molecule has 1 amide bonds. The number of nitrogens with zero attached hydrogens (tertiary/aromatic N) is 1. The zero-order chi connectivity index (χ0) is 27.1. The number of hydrogen-bond donors (Lipinski definition) is 1. The zero-order valence-electron chi connectivity index (χ0n) is 21.4. The fraction of sp³-hybridized carbons (Fsp3) is 0.345. The molecule has 0 saturated carbocycles. The van der Waals surface area contributed by atoms with Gasteiger partial charge in [-0.25, -0.2) is 0 Å². The third kappa shape index (κ3) is 7.19. The van der Waals surface area contributed by atoms with E-state index in [-0.39, 0.29) is 24.2 Å². The molecule has 0 fully saturated rings. The fourth-order valence-corrected chi connectivity index (χ4v) is 4.69. The van der Waals surface area contributed by atoms with Crippen LogP contribution in [-0.2, 0) is 24.2 Å². The second kappa shape index (κ2) is 12.2. The van der Waals surface area contributed by atoms with E-state index in [1.165, 1.54) is 0 Å². The van der Waals surface area contributed by atoms with Crippen molar-refractivity contribution in [3.8, 4) is 17.2 Å². The molecule has 1 aliphatic rings. The number of alkyl halides is 3. The van der Waals surface area contributed by atoms with E-state index < -0.39 is 12.8 Å². The molecule has 3 aromatic rings. The lowest BCUT2D eigenvalue weighted by atomic mass is 9.88. The Balaban J connectivity index is 1.55. The van der Waals surface area contributed by atoms with E-state index in [2.05, 4.69) is 10.2 Å². The maximum absolute atomic E-state index is 12.9. The lowest BCUT2D eigenvalue weighted by Gasteiger charge is -2.37. The van der Waals surface area contributed by atoms with E-state index in [1.807, 2.05) is 48.5 Å². The Morgan fingerprint density at radius 3 is 2.45 bits per heavy atom. The van der Waals surface area contributed by atoms with Gasteiger partial charge in [-0.15, -0.1) is 0 Å². The van der Waals surface area contributed by atoms with E-state index in [0.717, 1.165) is 22.3 Å². The number of amides is 1. The van der Waals surface area contributed by atoms with Crippen LogP contribution in [-0.4, -0.2) is 50.9 Å². The summed E-state index contributed by atoms with van der Waals surface area (Å²) in [6.07, 6.45) is -3.25. The molecule has 1 N–H and O–H groups in total. The van der Waals surface area contributed by atoms with Gasteiger partial charge < -0.3 is 19.5 Å². The van der Waals surface area contributed by atoms with Gasteiger partial charge in [-0.3, -0.25) is 9.69 Å². The molecule has 6 nitrogen and oxygen atoms in total. The molecule has 1 unspecified atom stereocenters. The normalized spacial score (nSPS) is 15.4. The molecule has 202 valence electrons. The van der Waals surface area contributed by atoms with Gasteiger partial charge in [0.2, 0.25) is 5.91 Å². The highest BCUT2D eigenvalue weighted by Crippen LogP contribution is 2.36. The smallest absolute Gasteiger partial charge is 0.422 e. The molecule has 0 spiro atoms. The zero-order valence-corrected chi connectivity index (χ0v) is 21.4. The second-order valence-electron chi connectivity index (χ2n) is 9.16. The van der Waals surface area contributed by atoms with Crippen molar-refractivity contribution in [1.82, 2.24) is 10.2 Å². The van der Waals surface area contributed by atoms with Gasteiger partial charge in [0.15, 0.2) is 18.1 Å². The maximum atomic E-state index is 12.9. The number of nitrogens with one attached hydrogen (secondary N) is 1. The summed E-state index contributed by atoms with van der Waals surface area (Å²) in [7, 11) is 3.15. The van der Waals surface area contributed by atoms with Gasteiger partial charge in [0.25, 0.3) is 0 Å². The van der Waals surface area contributed by atoms with E-state index >= 15 is 0 Å². The molecule has 0 saturated heterocycles. The van der Waals surface area contributed by atoms with Crippen LogP contribution in [0.1, 0.15) is 28.3 Å². The van der Waals surface area contributed by atoms with Crippen molar-refractivity contribution in [2.24, 2.45) is 0 Å².